The molecular formula is C15H15FN4O. The molecule has 0 saturated carbocycles. The molecule has 108 valence electrons. The number of hydrogen-bond donors (Lipinski definition) is 1. The fourth-order valence-electron chi connectivity index (χ4n) is 2.07. The van der Waals surface area contributed by atoms with Crippen LogP contribution in [-0.2, 0) is 12.8 Å². The third-order valence-electron chi connectivity index (χ3n) is 3.12. The molecule has 1 heterocycles. The van der Waals surface area contributed by atoms with E-state index in [1.165, 1.54) is 18.2 Å². The molecule has 0 aliphatic rings. The molecule has 2 N–H and O–H groups in total. The van der Waals surface area contributed by atoms with Crippen LogP contribution in [0, 0.1) is 17.1 Å². The molecule has 5 nitrogen and oxygen atoms in total. The summed E-state index contributed by atoms with van der Waals surface area (Å²) in [6, 6.07) is 6.28. The maximum atomic E-state index is 13.8. The summed E-state index contributed by atoms with van der Waals surface area (Å²) in [5.74, 6) is -0.781. The van der Waals surface area contributed by atoms with Crippen molar-refractivity contribution in [2.75, 3.05) is 5.73 Å². The van der Waals surface area contributed by atoms with Crippen molar-refractivity contribution < 1.29 is 9.13 Å². The van der Waals surface area contributed by atoms with Gasteiger partial charge in [-0.2, -0.15) is 10.4 Å². The normalized spacial score (nSPS) is 10.2. The summed E-state index contributed by atoms with van der Waals surface area (Å²) >= 11 is 0. The van der Waals surface area contributed by atoms with Gasteiger partial charge in [0.2, 0.25) is 0 Å². The number of nitrogen functional groups attached to an aromatic ring is 1. The lowest BCUT2D eigenvalue weighted by atomic mass is 10.0. The Morgan fingerprint density at radius 3 is 2.62 bits per heavy atom. The smallest absolute Gasteiger partial charge is 0.257 e. The summed E-state index contributed by atoms with van der Waals surface area (Å²) in [6.45, 7) is 3.85. The van der Waals surface area contributed by atoms with Crippen LogP contribution in [0.25, 0.3) is 0 Å². The molecule has 6 heteroatoms. The van der Waals surface area contributed by atoms with Gasteiger partial charge < -0.3 is 10.5 Å². The van der Waals surface area contributed by atoms with E-state index in [2.05, 4.69) is 16.3 Å². The lowest BCUT2D eigenvalue weighted by Gasteiger charge is -2.12. The second-order valence-corrected chi connectivity index (χ2v) is 4.38. The number of nitrogens with two attached hydrogens (primary N) is 1. The fourth-order valence-corrected chi connectivity index (χ4v) is 2.07. The molecule has 1 aromatic heterocycles. The van der Waals surface area contributed by atoms with Crippen LogP contribution in [0.1, 0.15) is 30.7 Å². The Hall–Kier alpha value is -2.68. The molecule has 0 saturated heterocycles. The molecule has 1 aromatic carbocycles. The van der Waals surface area contributed by atoms with Gasteiger partial charge in [0.15, 0.2) is 11.6 Å². The number of anilines is 1. The number of halogens is 1. The topological polar surface area (TPSA) is 84.8 Å². The maximum Gasteiger partial charge on any atom is 0.257 e. The Bertz CT molecular complexity index is 689. The van der Waals surface area contributed by atoms with E-state index in [0.29, 0.717) is 12.8 Å². The molecule has 0 aliphatic carbocycles. The summed E-state index contributed by atoms with van der Waals surface area (Å²) < 4.78 is 19.2. The third-order valence-corrected chi connectivity index (χ3v) is 3.12. The Kier molecular flexibility index (Phi) is 4.33. The standard InChI is InChI=1S/C15H15FN4O/c1-3-9-10(8-17)15(20-19-13(9)4-2)21-14-11(16)6-5-7-12(14)18/h5-7H,3-4,18H2,1-2H3. The van der Waals surface area contributed by atoms with Crippen molar-refractivity contribution >= 4 is 5.69 Å². The van der Waals surface area contributed by atoms with Gasteiger partial charge in [-0.1, -0.05) is 19.9 Å². The van der Waals surface area contributed by atoms with Crippen molar-refractivity contribution in [3.8, 4) is 17.7 Å². The van der Waals surface area contributed by atoms with Crippen LogP contribution in [0.4, 0.5) is 10.1 Å². The van der Waals surface area contributed by atoms with E-state index in [9.17, 15) is 9.65 Å². The number of nitriles is 1. The summed E-state index contributed by atoms with van der Waals surface area (Å²) in [7, 11) is 0. The number of hydrogen-bond acceptors (Lipinski definition) is 5. The molecule has 0 fully saturated rings. The predicted octanol–water partition coefficient (Wildman–Crippen LogP) is 2.99. The van der Waals surface area contributed by atoms with Gasteiger partial charge in [0.05, 0.1) is 11.4 Å². The lowest BCUT2D eigenvalue weighted by Crippen LogP contribution is -2.06. The minimum absolute atomic E-state index is 0.0247. The molecule has 0 atom stereocenters. The zero-order valence-electron chi connectivity index (χ0n) is 11.9. The number of benzene rings is 1. The highest BCUT2D eigenvalue weighted by molar-refractivity contribution is 5.56. The molecule has 0 spiro atoms. The van der Waals surface area contributed by atoms with Crippen molar-refractivity contribution in [2.45, 2.75) is 26.7 Å². The Labute approximate surface area is 122 Å². The van der Waals surface area contributed by atoms with Crippen molar-refractivity contribution in [2.24, 2.45) is 0 Å². The zero-order valence-corrected chi connectivity index (χ0v) is 11.9. The molecule has 0 radical (unpaired) electrons. The van der Waals surface area contributed by atoms with Crippen LogP contribution in [0.15, 0.2) is 18.2 Å². The van der Waals surface area contributed by atoms with Gasteiger partial charge in [0.25, 0.3) is 5.88 Å². The average Bonchev–Trinajstić information content (AvgIpc) is 2.50. The van der Waals surface area contributed by atoms with E-state index in [0.717, 1.165) is 11.3 Å². The van der Waals surface area contributed by atoms with E-state index >= 15 is 0 Å². The number of nitrogens with zero attached hydrogens (tertiary/aromatic N) is 3. The van der Waals surface area contributed by atoms with Gasteiger partial charge in [0, 0.05) is 0 Å². The van der Waals surface area contributed by atoms with E-state index in [4.69, 9.17) is 10.5 Å². The number of para-hydroxylation sites is 1. The number of ether oxygens (including phenoxy) is 1. The van der Waals surface area contributed by atoms with Gasteiger partial charge in [-0.15, -0.1) is 5.10 Å². The Balaban J connectivity index is 2.53. The van der Waals surface area contributed by atoms with E-state index in [1.54, 1.807) is 0 Å². The number of rotatable bonds is 4. The number of aryl methyl sites for hydroxylation is 1. The minimum atomic E-state index is -0.613. The molecular weight excluding hydrogens is 271 g/mol. The van der Waals surface area contributed by atoms with E-state index in [-0.39, 0.29) is 22.9 Å². The quantitative estimate of drug-likeness (QED) is 0.873. The molecule has 0 bridgehead atoms. The SMILES string of the molecule is CCc1nnc(Oc2c(N)cccc2F)c(C#N)c1CC. The van der Waals surface area contributed by atoms with Crippen molar-refractivity contribution in [1.29, 1.82) is 5.26 Å². The van der Waals surface area contributed by atoms with E-state index in [1.807, 2.05) is 13.8 Å². The first-order chi connectivity index (χ1) is 10.1. The first kappa shape index (κ1) is 14.7. The Morgan fingerprint density at radius 1 is 1.29 bits per heavy atom. The van der Waals surface area contributed by atoms with Crippen molar-refractivity contribution in [3.63, 3.8) is 0 Å². The van der Waals surface area contributed by atoms with Gasteiger partial charge in [-0.05, 0) is 30.5 Å². The second kappa shape index (κ2) is 6.18. The van der Waals surface area contributed by atoms with Gasteiger partial charge >= 0.3 is 0 Å². The number of aromatic nitrogens is 2. The van der Waals surface area contributed by atoms with E-state index < -0.39 is 5.82 Å². The predicted molar refractivity (Wildman–Crippen MR) is 76.4 cm³/mol. The van der Waals surface area contributed by atoms with Crippen LogP contribution in [-0.4, -0.2) is 10.2 Å². The van der Waals surface area contributed by atoms with Gasteiger partial charge in [-0.3, -0.25) is 0 Å². The second-order valence-electron chi connectivity index (χ2n) is 4.38. The van der Waals surface area contributed by atoms with Crippen LogP contribution in [0.5, 0.6) is 11.6 Å². The van der Waals surface area contributed by atoms with Crippen LogP contribution in [0.3, 0.4) is 0 Å². The summed E-state index contributed by atoms with van der Waals surface area (Å²) in [4.78, 5) is 0. The van der Waals surface area contributed by atoms with Crippen LogP contribution in [0.2, 0.25) is 0 Å². The lowest BCUT2D eigenvalue weighted by molar-refractivity contribution is 0.421. The van der Waals surface area contributed by atoms with Crippen LogP contribution >= 0.6 is 0 Å². The zero-order chi connectivity index (χ0) is 15.4. The molecule has 0 unspecified atom stereocenters. The largest absolute Gasteiger partial charge is 0.431 e. The highest BCUT2D eigenvalue weighted by Crippen LogP contribution is 2.32. The first-order valence-electron chi connectivity index (χ1n) is 6.62. The highest BCUT2D eigenvalue weighted by Gasteiger charge is 2.18. The molecule has 21 heavy (non-hydrogen) atoms. The van der Waals surface area contributed by atoms with Crippen molar-refractivity contribution in [3.05, 3.63) is 40.8 Å². The highest BCUT2D eigenvalue weighted by atomic mass is 19.1. The average molecular weight is 286 g/mol. The molecule has 0 aliphatic heterocycles. The van der Waals surface area contributed by atoms with Gasteiger partial charge in [-0.25, -0.2) is 4.39 Å². The summed E-state index contributed by atoms with van der Waals surface area (Å²) in [6.07, 6.45) is 1.28. The van der Waals surface area contributed by atoms with Crippen LogP contribution < -0.4 is 10.5 Å². The molecule has 2 aromatic rings. The Morgan fingerprint density at radius 2 is 2.05 bits per heavy atom. The molecule has 2 rings (SSSR count). The van der Waals surface area contributed by atoms with Crippen molar-refractivity contribution in [1.82, 2.24) is 10.2 Å². The van der Waals surface area contributed by atoms with Gasteiger partial charge in [0.1, 0.15) is 11.6 Å². The molecule has 0 amide bonds. The third kappa shape index (κ3) is 2.77. The monoisotopic (exact) mass is 286 g/mol. The first-order valence-corrected chi connectivity index (χ1v) is 6.62. The maximum absolute atomic E-state index is 13.8. The summed E-state index contributed by atoms with van der Waals surface area (Å²) in [5.41, 5.74) is 7.60. The minimum Gasteiger partial charge on any atom is -0.431 e. The fraction of sp³-hybridized carbons (Fsp3) is 0.267. The summed E-state index contributed by atoms with van der Waals surface area (Å²) in [5, 5.41) is 17.3.